The summed E-state index contributed by atoms with van der Waals surface area (Å²) in [5.74, 6) is -3.08. The summed E-state index contributed by atoms with van der Waals surface area (Å²) >= 11 is 0. The molecule has 2 heterocycles. The predicted octanol–water partition coefficient (Wildman–Crippen LogP) is 3.97. The Balaban J connectivity index is 1.67. The number of amides is 1. The molecule has 0 bridgehead atoms. The third-order valence-corrected chi connectivity index (χ3v) is 5.85. The van der Waals surface area contributed by atoms with E-state index in [1.807, 2.05) is 0 Å². The number of benzene rings is 2. The van der Waals surface area contributed by atoms with Crippen molar-refractivity contribution in [3.63, 3.8) is 0 Å². The van der Waals surface area contributed by atoms with Crippen LogP contribution in [-0.2, 0) is 9.53 Å². The second-order valence-corrected chi connectivity index (χ2v) is 7.83. The van der Waals surface area contributed by atoms with Gasteiger partial charge in [-0.05, 0) is 18.2 Å². The summed E-state index contributed by atoms with van der Waals surface area (Å²) in [4.78, 5) is 14.3. The van der Waals surface area contributed by atoms with Crippen LogP contribution in [0.5, 0.6) is 5.75 Å². The number of nitrogens with two attached hydrogens (primary N) is 1. The summed E-state index contributed by atoms with van der Waals surface area (Å²) in [5.41, 5.74) is 7.20. The molecule has 0 spiro atoms. The van der Waals surface area contributed by atoms with E-state index in [0.29, 0.717) is 30.3 Å². The lowest BCUT2D eigenvalue weighted by atomic mass is 9.72. The van der Waals surface area contributed by atoms with Crippen molar-refractivity contribution in [3.05, 3.63) is 47.5 Å². The maximum atomic E-state index is 15.1. The average molecular weight is 453 g/mol. The van der Waals surface area contributed by atoms with E-state index in [0.717, 1.165) is 12.1 Å². The van der Waals surface area contributed by atoms with Gasteiger partial charge in [0.2, 0.25) is 12.3 Å². The molecular formula is C22H23F4N3O3. The zero-order valence-electron chi connectivity index (χ0n) is 17.3. The number of anilines is 3. The van der Waals surface area contributed by atoms with Crippen LogP contribution in [0.25, 0.3) is 0 Å². The van der Waals surface area contributed by atoms with Gasteiger partial charge in [-0.2, -0.15) is 0 Å². The van der Waals surface area contributed by atoms with Crippen LogP contribution in [0.15, 0.2) is 30.3 Å². The van der Waals surface area contributed by atoms with Crippen molar-refractivity contribution in [2.45, 2.75) is 18.9 Å². The highest BCUT2D eigenvalue weighted by Crippen LogP contribution is 2.50. The summed E-state index contributed by atoms with van der Waals surface area (Å²) < 4.78 is 65.0. The predicted molar refractivity (Wildman–Crippen MR) is 111 cm³/mol. The number of ether oxygens (including phenoxy) is 2. The Hall–Kier alpha value is -3.01. The Morgan fingerprint density at radius 2 is 1.91 bits per heavy atom. The van der Waals surface area contributed by atoms with E-state index >= 15 is 8.78 Å². The standard InChI is InChI=1S/C22H23F4N3O3/c1-28-17-3-2-12(6-16(17)27)29-21(19(22(29)30)11-9-31-10-11)20-14(23)7-13(8-15(20)24)32-5-4-18(25)26/h2-3,6-8,11,18-19,21,28H,4-5,9-10,27H2,1H3/t19-,21-/m1/s1. The topological polar surface area (TPSA) is 76.8 Å². The van der Waals surface area contributed by atoms with E-state index in [1.54, 1.807) is 25.2 Å². The highest BCUT2D eigenvalue weighted by atomic mass is 19.3. The molecule has 2 aliphatic rings. The zero-order chi connectivity index (χ0) is 23.0. The summed E-state index contributed by atoms with van der Waals surface area (Å²) in [6.45, 7) is 0.294. The SMILES string of the molecule is CNc1ccc(N2C(=O)[C@H](C3COC3)[C@@H]2c2c(F)cc(OCCC(F)F)cc2F)cc1N. The number of nitrogen functional groups attached to an aromatic ring is 1. The minimum Gasteiger partial charge on any atom is -0.493 e. The van der Waals surface area contributed by atoms with Gasteiger partial charge in [0, 0.05) is 42.8 Å². The highest BCUT2D eigenvalue weighted by molar-refractivity contribution is 6.04. The average Bonchev–Trinajstić information content (AvgIpc) is 2.69. The van der Waals surface area contributed by atoms with E-state index < -0.39 is 36.4 Å². The van der Waals surface area contributed by atoms with Crippen molar-refractivity contribution in [1.82, 2.24) is 0 Å². The second kappa shape index (κ2) is 8.85. The molecule has 4 rings (SSSR count). The lowest BCUT2D eigenvalue weighted by Crippen LogP contribution is -2.61. The molecule has 0 radical (unpaired) electrons. The Kier molecular flexibility index (Phi) is 6.14. The first-order valence-electron chi connectivity index (χ1n) is 10.2. The van der Waals surface area contributed by atoms with Crippen molar-refractivity contribution in [3.8, 4) is 5.75 Å². The molecular weight excluding hydrogens is 430 g/mol. The van der Waals surface area contributed by atoms with E-state index in [-0.39, 0.29) is 29.7 Å². The summed E-state index contributed by atoms with van der Waals surface area (Å²) in [6, 6.07) is 5.92. The molecule has 2 aromatic carbocycles. The maximum Gasteiger partial charge on any atom is 0.241 e. The molecule has 1 amide bonds. The van der Waals surface area contributed by atoms with E-state index in [4.69, 9.17) is 15.2 Å². The lowest BCUT2D eigenvalue weighted by molar-refractivity contribution is -0.145. The van der Waals surface area contributed by atoms with Gasteiger partial charge in [-0.1, -0.05) is 0 Å². The van der Waals surface area contributed by atoms with Crippen LogP contribution in [0.2, 0.25) is 0 Å². The first-order valence-corrected chi connectivity index (χ1v) is 10.2. The van der Waals surface area contributed by atoms with Crippen molar-refractivity contribution in [1.29, 1.82) is 0 Å². The molecule has 32 heavy (non-hydrogen) atoms. The van der Waals surface area contributed by atoms with Crippen LogP contribution in [0.1, 0.15) is 18.0 Å². The van der Waals surface area contributed by atoms with Crippen LogP contribution in [0.4, 0.5) is 34.6 Å². The van der Waals surface area contributed by atoms with Gasteiger partial charge >= 0.3 is 0 Å². The van der Waals surface area contributed by atoms with Gasteiger partial charge in [0.25, 0.3) is 0 Å². The number of nitrogens with zero attached hydrogens (tertiary/aromatic N) is 1. The molecule has 172 valence electrons. The van der Waals surface area contributed by atoms with Crippen LogP contribution >= 0.6 is 0 Å². The quantitative estimate of drug-likeness (QED) is 0.359. The van der Waals surface area contributed by atoms with Crippen LogP contribution in [0, 0.1) is 23.5 Å². The Bertz CT molecular complexity index is 993. The molecule has 2 aromatic rings. The highest BCUT2D eigenvalue weighted by Gasteiger charge is 2.55. The van der Waals surface area contributed by atoms with Crippen molar-refractivity contribution >= 4 is 23.0 Å². The van der Waals surface area contributed by atoms with Crippen LogP contribution in [0.3, 0.4) is 0 Å². The van der Waals surface area contributed by atoms with Gasteiger partial charge in [0.15, 0.2) is 0 Å². The fraction of sp³-hybridized carbons (Fsp3) is 0.409. The number of hydrogen-bond acceptors (Lipinski definition) is 5. The Labute approximate surface area is 182 Å². The summed E-state index contributed by atoms with van der Waals surface area (Å²) in [7, 11) is 1.70. The second-order valence-electron chi connectivity index (χ2n) is 7.83. The number of halogens is 4. The van der Waals surface area contributed by atoms with Crippen LogP contribution < -0.4 is 20.7 Å². The van der Waals surface area contributed by atoms with E-state index in [9.17, 15) is 13.6 Å². The monoisotopic (exact) mass is 453 g/mol. The molecule has 0 aliphatic carbocycles. The molecule has 2 fully saturated rings. The first-order chi connectivity index (χ1) is 15.3. The number of carbonyl (C=O) groups excluding carboxylic acids is 1. The Morgan fingerprint density at radius 3 is 2.44 bits per heavy atom. The Morgan fingerprint density at radius 1 is 1.22 bits per heavy atom. The molecule has 0 saturated carbocycles. The van der Waals surface area contributed by atoms with Crippen molar-refractivity contribution in [2.24, 2.45) is 11.8 Å². The van der Waals surface area contributed by atoms with Gasteiger partial charge in [-0.3, -0.25) is 4.79 Å². The number of nitrogens with one attached hydrogen (secondary N) is 1. The summed E-state index contributed by atoms with van der Waals surface area (Å²) in [6.07, 6.45) is -3.13. The number of β-lactam (4-membered cyclic amide) rings is 1. The molecule has 0 unspecified atom stereocenters. The smallest absolute Gasteiger partial charge is 0.241 e. The number of hydrogen-bond donors (Lipinski definition) is 2. The third kappa shape index (κ3) is 3.94. The molecule has 2 atom stereocenters. The van der Waals surface area contributed by atoms with Gasteiger partial charge < -0.3 is 25.4 Å². The third-order valence-electron chi connectivity index (χ3n) is 5.85. The number of alkyl halides is 2. The van der Waals surface area contributed by atoms with E-state index in [1.165, 1.54) is 4.90 Å². The largest absolute Gasteiger partial charge is 0.493 e. The minimum absolute atomic E-state index is 0.154. The van der Waals surface area contributed by atoms with Gasteiger partial charge in [-0.25, -0.2) is 17.6 Å². The lowest BCUT2D eigenvalue weighted by Gasteiger charge is -2.52. The summed E-state index contributed by atoms with van der Waals surface area (Å²) in [5, 5.41) is 2.92. The number of rotatable bonds is 8. The minimum atomic E-state index is -2.58. The first kappa shape index (κ1) is 22.2. The molecule has 6 nitrogen and oxygen atoms in total. The normalized spacial score (nSPS) is 20.8. The molecule has 2 aliphatic heterocycles. The molecule has 2 saturated heterocycles. The van der Waals surface area contributed by atoms with E-state index in [2.05, 4.69) is 5.32 Å². The molecule has 3 N–H and O–H groups in total. The van der Waals surface area contributed by atoms with Crippen LogP contribution in [-0.4, -0.2) is 39.2 Å². The van der Waals surface area contributed by atoms with Gasteiger partial charge in [0.1, 0.15) is 17.4 Å². The van der Waals surface area contributed by atoms with Crippen molar-refractivity contribution < 1.29 is 31.8 Å². The fourth-order valence-electron chi connectivity index (χ4n) is 4.15. The van der Waals surface area contributed by atoms with Crippen molar-refractivity contribution in [2.75, 3.05) is 42.8 Å². The molecule has 0 aromatic heterocycles. The zero-order valence-corrected chi connectivity index (χ0v) is 17.3. The fourth-order valence-corrected chi connectivity index (χ4v) is 4.15. The van der Waals surface area contributed by atoms with Gasteiger partial charge in [0.05, 0.1) is 43.2 Å². The maximum absolute atomic E-state index is 15.1. The number of carbonyl (C=O) groups is 1. The molecule has 10 heteroatoms. The van der Waals surface area contributed by atoms with Gasteiger partial charge in [-0.15, -0.1) is 0 Å².